The molecule has 1 aliphatic carbocycles. The van der Waals surface area contributed by atoms with Crippen LogP contribution < -0.4 is 0 Å². The lowest BCUT2D eigenvalue weighted by Gasteiger charge is -2.42. The third kappa shape index (κ3) is 15.8. The first-order valence-corrected chi connectivity index (χ1v) is 25.8. The van der Waals surface area contributed by atoms with Crippen LogP contribution in [-0.2, 0) is 47.7 Å². The van der Waals surface area contributed by atoms with Gasteiger partial charge in [-0.1, -0.05) is 84.9 Å². The van der Waals surface area contributed by atoms with Crippen LogP contribution in [0.2, 0.25) is 0 Å². The highest BCUT2D eigenvalue weighted by Gasteiger charge is 2.53. The number of rotatable bonds is 9. The number of cyclic esters (lactones) is 1. The Balaban J connectivity index is 1.66. The molecule has 0 aromatic rings. The molecule has 4 aliphatic rings. The van der Waals surface area contributed by atoms with Gasteiger partial charge in [0.1, 0.15) is 23.7 Å². The van der Waals surface area contributed by atoms with Crippen LogP contribution in [0.15, 0.2) is 47.6 Å². The Kier molecular flexibility index (Phi) is 23.0. The zero-order valence-corrected chi connectivity index (χ0v) is 43.3. The summed E-state index contributed by atoms with van der Waals surface area (Å²) in [6, 6.07) is -1.10. The minimum atomic E-state index is -2.41. The Bertz CT molecular complexity index is 1800. The monoisotopic (exact) mass is 954 g/mol. The number of carbonyl (C=O) groups excluding carboxylic acids is 5. The van der Waals surface area contributed by atoms with E-state index in [9.17, 15) is 34.2 Å². The normalized spacial score (nSPS) is 39.2. The average Bonchev–Trinajstić information content (AvgIpc) is 3.31. The Hall–Kier alpha value is -3.33. The fourth-order valence-corrected chi connectivity index (χ4v) is 10.9. The van der Waals surface area contributed by atoms with Crippen molar-refractivity contribution in [3.8, 4) is 0 Å². The van der Waals surface area contributed by atoms with Crippen LogP contribution >= 0.6 is 0 Å². The van der Waals surface area contributed by atoms with Crippen molar-refractivity contribution < 1.29 is 57.9 Å². The van der Waals surface area contributed by atoms with Crippen LogP contribution in [0, 0.1) is 47.3 Å². The highest BCUT2D eigenvalue weighted by molar-refractivity contribution is 6.39. The summed E-state index contributed by atoms with van der Waals surface area (Å²) in [6.45, 7) is 20.8. The number of methoxy groups -OCH3 is 1. The predicted molar refractivity (Wildman–Crippen MR) is 262 cm³/mol. The highest BCUT2D eigenvalue weighted by atomic mass is 16.6. The molecule has 2 bridgehead atoms. The number of carbonyl (C=O) groups is 5. The van der Waals surface area contributed by atoms with Gasteiger partial charge in [-0.2, -0.15) is 0 Å². The van der Waals surface area contributed by atoms with Gasteiger partial charge in [-0.25, -0.2) is 4.79 Å². The van der Waals surface area contributed by atoms with Gasteiger partial charge in [0.2, 0.25) is 5.79 Å². The van der Waals surface area contributed by atoms with E-state index in [1.165, 1.54) is 4.90 Å². The lowest BCUT2D eigenvalue weighted by molar-refractivity contribution is -0.265. The Morgan fingerprint density at radius 3 is 2.31 bits per heavy atom. The number of nitrogens with zero attached hydrogens (tertiary/aromatic N) is 1. The first-order valence-electron chi connectivity index (χ1n) is 25.8. The van der Waals surface area contributed by atoms with Gasteiger partial charge in [0, 0.05) is 56.8 Å². The van der Waals surface area contributed by atoms with E-state index in [2.05, 4.69) is 6.92 Å². The van der Waals surface area contributed by atoms with Gasteiger partial charge in [0.05, 0.1) is 37.6 Å². The molecule has 3 fully saturated rings. The number of esters is 1. The number of Topliss-reactive ketones (excluding diaryl/α,β-unsaturated/α-hetero) is 3. The van der Waals surface area contributed by atoms with Gasteiger partial charge in [0.15, 0.2) is 0 Å². The summed E-state index contributed by atoms with van der Waals surface area (Å²) >= 11 is 0. The van der Waals surface area contributed by atoms with E-state index in [0.717, 1.165) is 24.8 Å². The number of piperidine rings is 1. The zero-order chi connectivity index (χ0) is 50.3. The summed E-state index contributed by atoms with van der Waals surface area (Å²) in [4.78, 5) is 72.1. The molecule has 15 atom stereocenters. The summed E-state index contributed by atoms with van der Waals surface area (Å²) in [7, 11) is 1.59. The molecule has 4 rings (SSSR count). The maximum absolute atomic E-state index is 14.5. The van der Waals surface area contributed by atoms with E-state index < -0.39 is 71.7 Å². The lowest BCUT2D eigenvalue weighted by atomic mass is 9.75. The fourth-order valence-electron chi connectivity index (χ4n) is 10.9. The Labute approximate surface area is 407 Å². The number of aliphatic hydroxyl groups excluding tert-OH is 1. The number of ether oxygens (including phenoxy) is 5. The van der Waals surface area contributed by atoms with Gasteiger partial charge in [-0.3, -0.25) is 19.2 Å². The number of hydrogen-bond acceptors (Lipinski definition) is 12. The predicted octanol–water partition coefficient (Wildman–Crippen LogP) is 8.48. The van der Waals surface area contributed by atoms with E-state index in [1.807, 2.05) is 65.0 Å². The number of amides is 1. The molecule has 1 saturated carbocycles. The second-order valence-corrected chi connectivity index (χ2v) is 21.0. The van der Waals surface area contributed by atoms with Crippen molar-refractivity contribution in [1.29, 1.82) is 0 Å². The van der Waals surface area contributed by atoms with Crippen LogP contribution in [-0.4, -0.2) is 120 Å². The molecular weight excluding hydrogens is 867 g/mol. The van der Waals surface area contributed by atoms with Gasteiger partial charge >= 0.3 is 5.97 Å². The van der Waals surface area contributed by atoms with E-state index in [1.54, 1.807) is 40.9 Å². The first kappa shape index (κ1) is 57.3. The third-order valence-corrected chi connectivity index (χ3v) is 15.4. The van der Waals surface area contributed by atoms with Crippen molar-refractivity contribution in [3.63, 3.8) is 0 Å². The molecule has 0 radical (unpaired) electrons. The standard InChI is InChI=1S/C55H87NO12/c1-12-65-26-27-66-47-24-22-43(30-37(47)5)31-38(6)49-33-46(57)36(4)29-40(8)51(59)42(10)50(58)39(7)28-34(2)18-14-13-15-19-35(3)48(64-11)32-44-23-21-41(9)55(63,68-44)52(60)53(61)56-25-17-16-20-45(56)54(62)67-49/h13-15,18-19,29,34,36-39,41-45,47-49,51,59,63H,12,16-17,20-28,30-33H2,1-11H3/b15-13+,18-14+,35-19+,40-29+/t34-,36-,37-,38-,39-,41-,42+,43-,44+,45+,47-,48+,49+,51-,55-/m1/s1. The number of allylic oxidation sites excluding steroid dienone is 6. The zero-order valence-electron chi connectivity index (χ0n) is 43.3. The molecule has 0 spiro atoms. The summed E-state index contributed by atoms with van der Waals surface area (Å²) in [6.07, 6.45) is 15.2. The van der Waals surface area contributed by atoms with Crippen LogP contribution in [0.5, 0.6) is 0 Å². The molecule has 0 unspecified atom stereocenters. The second-order valence-electron chi connectivity index (χ2n) is 21.0. The molecule has 13 nitrogen and oxygen atoms in total. The first-order chi connectivity index (χ1) is 32.2. The van der Waals surface area contributed by atoms with Gasteiger partial charge in [-0.05, 0) is 120 Å². The number of hydrogen-bond donors (Lipinski definition) is 2. The van der Waals surface area contributed by atoms with Crippen LogP contribution in [0.4, 0.5) is 0 Å². The smallest absolute Gasteiger partial charge is 0.329 e. The topological polar surface area (TPSA) is 175 Å². The SMILES string of the molecule is CCOCCO[C@@H]1CC[C@@H](C[C@@H](C)[C@@H]2CC(=O)[C@H](C)/C=C(\C)[C@@H](O)[C@@H](C)C(=O)[C@H](C)C[C@H](C)/C=C/C=C/C=C(\C)[C@@H](OC)C[C@@H]3CC[C@@H](C)[C@@](O)(O3)C(=O)C(=O)N3CCCC[C@H]3C(=O)O2)C[C@H]1C. The molecule has 384 valence electrons. The summed E-state index contributed by atoms with van der Waals surface area (Å²) in [5, 5.41) is 23.4. The van der Waals surface area contributed by atoms with Gasteiger partial charge in [-0.15, -0.1) is 0 Å². The number of fused-ring (bicyclic) bond motifs is 3. The van der Waals surface area contributed by atoms with E-state index in [4.69, 9.17) is 23.7 Å². The molecule has 13 heteroatoms. The van der Waals surface area contributed by atoms with Gasteiger partial charge in [0.25, 0.3) is 11.7 Å². The maximum Gasteiger partial charge on any atom is 0.329 e. The number of aliphatic hydroxyl groups is 2. The lowest BCUT2D eigenvalue weighted by Crippen LogP contribution is -2.61. The van der Waals surface area contributed by atoms with Gasteiger partial charge < -0.3 is 38.8 Å². The molecule has 0 aromatic heterocycles. The number of ketones is 3. The second kappa shape index (κ2) is 27.3. The molecule has 2 saturated heterocycles. The molecule has 3 heterocycles. The molecular formula is C55H87NO12. The minimum Gasteiger partial charge on any atom is -0.460 e. The van der Waals surface area contributed by atoms with Crippen molar-refractivity contribution in [2.45, 2.75) is 189 Å². The van der Waals surface area contributed by atoms with Crippen LogP contribution in [0.25, 0.3) is 0 Å². The van der Waals surface area contributed by atoms with Crippen molar-refractivity contribution in [3.05, 3.63) is 47.6 Å². The van der Waals surface area contributed by atoms with Crippen LogP contribution in [0.1, 0.15) is 146 Å². The summed E-state index contributed by atoms with van der Waals surface area (Å²) in [5.74, 6) is -7.38. The molecule has 0 aromatic carbocycles. The molecule has 1 amide bonds. The highest BCUT2D eigenvalue weighted by Crippen LogP contribution is 2.39. The average molecular weight is 954 g/mol. The summed E-state index contributed by atoms with van der Waals surface area (Å²) < 4.78 is 30.0. The van der Waals surface area contributed by atoms with E-state index in [-0.39, 0.29) is 54.8 Å². The molecule has 2 N–H and O–H groups in total. The quantitative estimate of drug-likeness (QED) is 0.0978. The Morgan fingerprint density at radius 2 is 1.62 bits per heavy atom. The molecule has 68 heavy (non-hydrogen) atoms. The van der Waals surface area contributed by atoms with Crippen molar-refractivity contribution in [2.24, 2.45) is 47.3 Å². The summed E-state index contributed by atoms with van der Waals surface area (Å²) in [5.41, 5.74) is 1.42. The third-order valence-electron chi connectivity index (χ3n) is 15.4. The van der Waals surface area contributed by atoms with Crippen molar-refractivity contribution >= 4 is 29.2 Å². The van der Waals surface area contributed by atoms with E-state index >= 15 is 0 Å². The van der Waals surface area contributed by atoms with Crippen molar-refractivity contribution in [2.75, 3.05) is 33.5 Å². The minimum absolute atomic E-state index is 0.0545. The Morgan fingerprint density at radius 1 is 0.882 bits per heavy atom. The maximum atomic E-state index is 14.5. The van der Waals surface area contributed by atoms with Crippen LogP contribution in [0.3, 0.4) is 0 Å². The van der Waals surface area contributed by atoms with Crippen molar-refractivity contribution in [1.82, 2.24) is 4.90 Å². The largest absolute Gasteiger partial charge is 0.460 e. The fraction of sp³-hybridized carbons (Fsp3) is 0.764. The van der Waals surface area contributed by atoms with E-state index in [0.29, 0.717) is 82.2 Å². The molecule has 3 aliphatic heterocycles.